The minimum atomic E-state index is -0.400. The third-order valence-electron chi connectivity index (χ3n) is 3.68. The Balaban J connectivity index is 3.84. The third kappa shape index (κ3) is 13.9. The van der Waals surface area contributed by atoms with Gasteiger partial charge in [0.25, 0.3) is 0 Å². The molecule has 132 valence electrons. The molecule has 0 aliphatic carbocycles. The van der Waals surface area contributed by atoms with Gasteiger partial charge in [-0.15, -0.1) is 0 Å². The lowest BCUT2D eigenvalue weighted by molar-refractivity contribution is -0.140. The van der Waals surface area contributed by atoms with Crippen LogP contribution in [0.3, 0.4) is 0 Å². The van der Waals surface area contributed by atoms with Crippen LogP contribution in [-0.4, -0.2) is 30.6 Å². The molecule has 0 radical (unpaired) electrons. The molecule has 0 saturated heterocycles. The van der Waals surface area contributed by atoms with E-state index in [1.54, 1.807) is 6.08 Å². The van der Waals surface area contributed by atoms with Gasteiger partial charge in [-0.05, 0) is 32.1 Å². The summed E-state index contributed by atoms with van der Waals surface area (Å²) in [6.45, 7) is 2.14. The summed E-state index contributed by atoms with van der Waals surface area (Å²) < 4.78 is 4.57. The molecule has 23 heavy (non-hydrogen) atoms. The minimum absolute atomic E-state index is 0.0500. The van der Waals surface area contributed by atoms with Crippen LogP contribution in [0.1, 0.15) is 64.7 Å². The van der Waals surface area contributed by atoms with Gasteiger partial charge in [-0.1, -0.05) is 50.5 Å². The molecule has 0 aromatic carbocycles. The highest BCUT2D eigenvalue weighted by molar-refractivity contribution is 5.69. The van der Waals surface area contributed by atoms with Gasteiger partial charge in [0.2, 0.25) is 0 Å². The average molecular weight is 324 g/mol. The Morgan fingerprint density at radius 2 is 1.87 bits per heavy atom. The predicted molar refractivity (Wildman–Crippen MR) is 93.1 cm³/mol. The summed E-state index contributed by atoms with van der Waals surface area (Å²) in [6.07, 6.45) is 15.7. The smallest absolute Gasteiger partial charge is 0.305 e. The van der Waals surface area contributed by atoms with Crippen LogP contribution in [0.25, 0.3) is 0 Å². The molecule has 0 amide bonds. The van der Waals surface area contributed by atoms with Crippen LogP contribution in [0.5, 0.6) is 0 Å². The maximum atomic E-state index is 11.0. The van der Waals surface area contributed by atoms with Crippen molar-refractivity contribution in [3.8, 4) is 0 Å². The molecule has 2 atom stereocenters. The number of carbonyl (C=O) groups is 2. The topological polar surface area (TPSA) is 63.6 Å². The van der Waals surface area contributed by atoms with Crippen molar-refractivity contribution in [2.24, 2.45) is 5.92 Å². The van der Waals surface area contributed by atoms with Crippen molar-refractivity contribution in [3.05, 3.63) is 24.3 Å². The molecule has 4 heteroatoms. The molecule has 0 rings (SSSR count). The molecule has 1 N–H and O–H groups in total. The van der Waals surface area contributed by atoms with Gasteiger partial charge < -0.3 is 14.6 Å². The summed E-state index contributed by atoms with van der Waals surface area (Å²) in [7, 11) is 1.39. The SMILES string of the molecule is CCCCC[C@H](O)/C=C/C[C@H](C=O)C/C=C\CCCC(=O)OC. The van der Waals surface area contributed by atoms with Crippen LogP contribution in [0, 0.1) is 5.92 Å². The summed E-state index contributed by atoms with van der Waals surface area (Å²) in [4.78, 5) is 22.0. The Kier molecular flexibility index (Phi) is 14.5. The van der Waals surface area contributed by atoms with E-state index in [1.165, 1.54) is 7.11 Å². The van der Waals surface area contributed by atoms with E-state index in [-0.39, 0.29) is 11.9 Å². The van der Waals surface area contributed by atoms with E-state index < -0.39 is 6.10 Å². The van der Waals surface area contributed by atoms with Crippen molar-refractivity contribution in [1.82, 2.24) is 0 Å². The summed E-state index contributed by atoms with van der Waals surface area (Å²) in [5.41, 5.74) is 0. The zero-order chi connectivity index (χ0) is 17.3. The van der Waals surface area contributed by atoms with Gasteiger partial charge >= 0.3 is 5.97 Å². The van der Waals surface area contributed by atoms with Crippen molar-refractivity contribution < 1.29 is 19.4 Å². The van der Waals surface area contributed by atoms with E-state index in [0.29, 0.717) is 19.3 Å². The van der Waals surface area contributed by atoms with Gasteiger partial charge in [0, 0.05) is 12.3 Å². The van der Waals surface area contributed by atoms with Crippen LogP contribution in [-0.2, 0) is 14.3 Å². The molecule has 0 spiro atoms. The van der Waals surface area contributed by atoms with Gasteiger partial charge in [0.1, 0.15) is 6.29 Å². The first-order chi connectivity index (χ1) is 11.1. The standard InChI is InChI=1S/C19H32O4/c1-3-4-7-13-18(21)14-10-12-17(16-20)11-8-5-6-9-15-19(22)23-2/h5,8,10,14,16-18,21H,3-4,6-7,9,11-13,15H2,1-2H3/b8-5-,14-10+/t17-,18+/m1/s1. The van der Waals surface area contributed by atoms with E-state index in [1.807, 2.05) is 18.2 Å². The second kappa shape index (κ2) is 15.5. The highest BCUT2D eigenvalue weighted by Crippen LogP contribution is 2.10. The number of allylic oxidation sites excluding steroid dienone is 3. The largest absolute Gasteiger partial charge is 0.469 e. The molecule has 4 nitrogen and oxygen atoms in total. The number of aliphatic hydroxyl groups excluding tert-OH is 1. The first-order valence-electron chi connectivity index (χ1n) is 8.65. The molecular weight excluding hydrogens is 292 g/mol. The molecule has 0 unspecified atom stereocenters. The summed E-state index contributed by atoms with van der Waals surface area (Å²) in [5, 5.41) is 9.77. The lowest BCUT2D eigenvalue weighted by atomic mass is 10.0. The fraction of sp³-hybridized carbons (Fsp3) is 0.684. The van der Waals surface area contributed by atoms with Gasteiger partial charge in [0.05, 0.1) is 13.2 Å². The zero-order valence-electron chi connectivity index (χ0n) is 14.6. The maximum absolute atomic E-state index is 11.0. The normalized spacial score (nSPS) is 14.2. The third-order valence-corrected chi connectivity index (χ3v) is 3.68. The second-order valence-corrected chi connectivity index (χ2v) is 5.80. The lowest BCUT2D eigenvalue weighted by Crippen LogP contribution is -2.03. The van der Waals surface area contributed by atoms with E-state index in [9.17, 15) is 14.7 Å². The van der Waals surface area contributed by atoms with Crippen LogP contribution in [0.2, 0.25) is 0 Å². The summed E-state index contributed by atoms with van der Waals surface area (Å²) >= 11 is 0. The highest BCUT2D eigenvalue weighted by atomic mass is 16.5. The Bertz CT molecular complexity index is 360. The molecule has 0 aromatic heterocycles. The molecule has 0 saturated carbocycles. The molecule has 0 aliphatic rings. The number of unbranched alkanes of at least 4 members (excludes halogenated alkanes) is 3. The number of hydrogen-bond donors (Lipinski definition) is 1. The van der Waals surface area contributed by atoms with Gasteiger partial charge in [0.15, 0.2) is 0 Å². The fourth-order valence-electron chi connectivity index (χ4n) is 2.17. The van der Waals surface area contributed by atoms with E-state index in [2.05, 4.69) is 11.7 Å². The molecule has 0 aliphatic heterocycles. The summed E-state index contributed by atoms with van der Waals surface area (Å²) in [6, 6.07) is 0. The van der Waals surface area contributed by atoms with E-state index in [0.717, 1.165) is 44.8 Å². The van der Waals surface area contributed by atoms with E-state index in [4.69, 9.17) is 0 Å². The highest BCUT2D eigenvalue weighted by Gasteiger charge is 2.04. The molecular formula is C19H32O4. The Morgan fingerprint density at radius 1 is 1.13 bits per heavy atom. The van der Waals surface area contributed by atoms with Crippen molar-refractivity contribution in [3.63, 3.8) is 0 Å². The Labute approximate surface area is 140 Å². The van der Waals surface area contributed by atoms with Gasteiger partial charge in [-0.25, -0.2) is 0 Å². The van der Waals surface area contributed by atoms with Crippen LogP contribution < -0.4 is 0 Å². The first kappa shape index (κ1) is 21.6. The van der Waals surface area contributed by atoms with Crippen LogP contribution >= 0.6 is 0 Å². The molecule has 0 aromatic rings. The monoisotopic (exact) mass is 324 g/mol. The number of aldehydes is 1. The molecule has 0 heterocycles. The predicted octanol–water partition coefficient (Wildman–Crippen LogP) is 3.98. The minimum Gasteiger partial charge on any atom is -0.469 e. The number of rotatable bonds is 14. The van der Waals surface area contributed by atoms with Gasteiger partial charge in [-0.3, -0.25) is 4.79 Å². The number of esters is 1. The van der Waals surface area contributed by atoms with Crippen LogP contribution in [0.4, 0.5) is 0 Å². The van der Waals surface area contributed by atoms with Crippen molar-refractivity contribution in [1.29, 1.82) is 0 Å². The number of aliphatic hydroxyl groups is 1. The second-order valence-electron chi connectivity index (χ2n) is 5.80. The Hall–Kier alpha value is -1.42. The van der Waals surface area contributed by atoms with E-state index >= 15 is 0 Å². The maximum Gasteiger partial charge on any atom is 0.305 e. The molecule has 0 bridgehead atoms. The zero-order valence-corrected chi connectivity index (χ0v) is 14.6. The van der Waals surface area contributed by atoms with Crippen molar-refractivity contribution in [2.75, 3.05) is 7.11 Å². The van der Waals surface area contributed by atoms with Crippen molar-refractivity contribution in [2.45, 2.75) is 70.8 Å². The lowest BCUT2D eigenvalue weighted by Gasteiger charge is -2.06. The Morgan fingerprint density at radius 3 is 2.52 bits per heavy atom. The van der Waals surface area contributed by atoms with Crippen molar-refractivity contribution >= 4 is 12.3 Å². The average Bonchev–Trinajstić information content (AvgIpc) is 2.56. The fourth-order valence-corrected chi connectivity index (χ4v) is 2.17. The molecule has 0 fully saturated rings. The van der Waals surface area contributed by atoms with Crippen LogP contribution in [0.15, 0.2) is 24.3 Å². The van der Waals surface area contributed by atoms with Gasteiger partial charge in [-0.2, -0.15) is 0 Å². The first-order valence-corrected chi connectivity index (χ1v) is 8.65. The number of carbonyl (C=O) groups excluding carboxylic acids is 2. The quantitative estimate of drug-likeness (QED) is 0.227. The number of ether oxygens (including phenoxy) is 1. The number of hydrogen-bond acceptors (Lipinski definition) is 4. The summed E-state index contributed by atoms with van der Waals surface area (Å²) in [5.74, 6) is -0.238. The number of methoxy groups -OCH3 is 1.